The van der Waals surface area contributed by atoms with Crippen LogP contribution < -0.4 is 5.46 Å². The van der Waals surface area contributed by atoms with Gasteiger partial charge in [0.25, 0.3) is 0 Å². The van der Waals surface area contributed by atoms with Crippen molar-refractivity contribution in [2.75, 3.05) is 0 Å². The van der Waals surface area contributed by atoms with E-state index in [0.29, 0.717) is 16.6 Å². The van der Waals surface area contributed by atoms with E-state index in [4.69, 9.17) is 13.0 Å². The van der Waals surface area contributed by atoms with Crippen LogP contribution in [0.3, 0.4) is 0 Å². The number of aromatic hydroxyl groups is 3. The van der Waals surface area contributed by atoms with Crippen molar-refractivity contribution >= 4 is 13.3 Å². The maximum Gasteiger partial charge on any atom is 0.200 e. The number of hydrogen-bond donors (Lipinski definition) is 3. The first-order chi connectivity index (χ1) is 5.46. The van der Waals surface area contributed by atoms with Gasteiger partial charge in [-0.3, -0.25) is 0 Å². The van der Waals surface area contributed by atoms with Gasteiger partial charge in [-0.15, -0.1) is 0 Å². The van der Waals surface area contributed by atoms with Crippen molar-refractivity contribution in [3.05, 3.63) is 11.1 Å². The van der Waals surface area contributed by atoms with E-state index in [9.17, 15) is 10.2 Å². The highest BCUT2D eigenvalue weighted by molar-refractivity contribution is 6.35. The zero-order valence-corrected chi connectivity index (χ0v) is 6.92. The summed E-state index contributed by atoms with van der Waals surface area (Å²) in [6.45, 7) is 3.13. The van der Waals surface area contributed by atoms with Crippen LogP contribution in [-0.4, -0.2) is 23.2 Å². The van der Waals surface area contributed by atoms with Gasteiger partial charge >= 0.3 is 0 Å². The lowest BCUT2D eigenvalue weighted by Crippen LogP contribution is -2.11. The topological polar surface area (TPSA) is 60.7 Å². The van der Waals surface area contributed by atoms with Crippen LogP contribution >= 0.6 is 0 Å². The molecule has 3 nitrogen and oxygen atoms in total. The molecule has 0 aliphatic rings. The van der Waals surface area contributed by atoms with Gasteiger partial charge < -0.3 is 15.3 Å². The van der Waals surface area contributed by atoms with Crippen molar-refractivity contribution in [2.45, 2.75) is 13.8 Å². The van der Waals surface area contributed by atoms with Crippen LogP contribution in [-0.2, 0) is 0 Å². The molecular weight excluding hydrogens is 155 g/mol. The quantitative estimate of drug-likeness (QED) is 0.379. The Morgan fingerprint density at radius 2 is 1.17 bits per heavy atom. The second-order valence-corrected chi connectivity index (χ2v) is 2.71. The Labute approximate surface area is 71.7 Å². The van der Waals surface area contributed by atoms with Gasteiger partial charge in [-0.05, 0) is 25.0 Å². The van der Waals surface area contributed by atoms with Gasteiger partial charge in [-0.1, -0.05) is 5.46 Å². The van der Waals surface area contributed by atoms with Crippen molar-refractivity contribution in [1.82, 2.24) is 0 Å². The molecule has 3 N–H and O–H groups in total. The van der Waals surface area contributed by atoms with Gasteiger partial charge in [0, 0.05) is 0 Å². The zero-order chi connectivity index (χ0) is 9.46. The maximum absolute atomic E-state index is 9.20. The van der Waals surface area contributed by atoms with Crippen LogP contribution in [0.5, 0.6) is 17.2 Å². The van der Waals surface area contributed by atoms with Crippen LogP contribution in [0.2, 0.25) is 0 Å². The Hall–Kier alpha value is -1.32. The molecule has 1 aromatic rings. The predicted molar refractivity (Wildman–Crippen MR) is 46.3 cm³/mol. The summed E-state index contributed by atoms with van der Waals surface area (Å²) >= 11 is 0. The molecule has 0 aliphatic heterocycles. The Bertz CT molecular complexity index is 229. The summed E-state index contributed by atoms with van der Waals surface area (Å²) in [5.41, 5.74) is 1.05. The fourth-order valence-corrected chi connectivity index (χ4v) is 1.00. The molecule has 0 aliphatic carbocycles. The van der Waals surface area contributed by atoms with Crippen molar-refractivity contribution in [2.24, 2.45) is 0 Å². The van der Waals surface area contributed by atoms with Gasteiger partial charge in [-0.2, -0.15) is 0 Å². The third kappa shape index (κ3) is 0.997. The number of phenols is 3. The van der Waals surface area contributed by atoms with E-state index in [1.165, 1.54) is 0 Å². The molecule has 0 amide bonds. The molecule has 4 heteroatoms. The number of rotatable bonds is 0. The molecule has 0 saturated heterocycles. The minimum absolute atomic E-state index is 0.294. The summed E-state index contributed by atoms with van der Waals surface area (Å²) in [4.78, 5) is 0. The first-order valence-electron chi connectivity index (χ1n) is 3.46. The van der Waals surface area contributed by atoms with E-state index in [1.54, 1.807) is 13.8 Å². The van der Waals surface area contributed by atoms with E-state index < -0.39 is 5.75 Å². The molecule has 2 radical (unpaired) electrons. The highest BCUT2D eigenvalue weighted by Gasteiger charge is 2.14. The molecule has 1 aromatic carbocycles. The van der Waals surface area contributed by atoms with Gasteiger partial charge in [0.1, 0.15) is 7.85 Å². The highest BCUT2D eigenvalue weighted by Crippen LogP contribution is 2.37. The van der Waals surface area contributed by atoms with Crippen LogP contribution in [0.15, 0.2) is 0 Å². The van der Waals surface area contributed by atoms with Gasteiger partial charge in [0.15, 0.2) is 11.5 Å². The van der Waals surface area contributed by atoms with Gasteiger partial charge in [0.2, 0.25) is 5.75 Å². The summed E-state index contributed by atoms with van der Waals surface area (Å²) in [5, 5.41) is 27.5. The lowest BCUT2D eigenvalue weighted by Gasteiger charge is -2.11. The SMILES string of the molecule is [B]c1c(C)c(O)c(O)c(O)c1C. The van der Waals surface area contributed by atoms with E-state index in [1.807, 2.05) is 0 Å². The summed E-state index contributed by atoms with van der Waals surface area (Å²) in [6.07, 6.45) is 0. The van der Waals surface area contributed by atoms with E-state index >= 15 is 0 Å². The largest absolute Gasteiger partial charge is 0.504 e. The molecule has 62 valence electrons. The van der Waals surface area contributed by atoms with Crippen molar-refractivity contribution in [3.8, 4) is 17.2 Å². The first-order valence-corrected chi connectivity index (χ1v) is 3.46. The summed E-state index contributed by atoms with van der Waals surface area (Å²) in [5.74, 6) is -1.24. The second kappa shape index (κ2) is 2.62. The summed E-state index contributed by atoms with van der Waals surface area (Å²) in [6, 6.07) is 0. The standard InChI is InChI=1S/C8H9BO3/c1-3-5(9)4(2)7(11)8(12)6(3)10/h10-12H,1-2H3. The van der Waals surface area contributed by atoms with Gasteiger partial charge in [-0.25, -0.2) is 0 Å². The Kier molecular flexibility index (Phi) is 1.92. The smallest absolute Gasteiger partial charge is 0.200 e. The Morgan fingerprint density at radius 3 is 1.50 bits per heavy atom. The van der Waals surface area contributed by atoms with E-state index in [-0.39, 0.29) is 11.5 Å². The fraction of sp³-hybridized carbons (Fsp3) is 0.250. The number of hydrogen-bond acceptors (Lipinski definition) is 3. The average Bonchev–Trinajstić information content (AvgIpc) is 2.08. The minimum Gasteiger partial charge on any atom is -0.504 e. The molecule has 0 aromatic heterocycles. The molecule has 0 fully saturated rings. The molecule has 0 bridgehead atoms. The molecule has 0 unspecified atom stereocenters. The van der Waals surface area contributed by atoms with Crippen molar-refractivity contribution in [1.29, 1.82) is 0 Å². The van der Waals surface area contributed by atoms with Crippen molar-refractivity contribution in [3.63, 3.8) is 0 Å². The zero-order valence-electron chi connectivity index (χ0n) is 6.92. The molecule has 0 heterocycles. The molecule has 0 atom stereocenters. The first kappa shape index (κ1) is 8.78. The monoisotopic (exact) mass is 164 g/mol. The molecule has 1 rings (SSSR count). The third-order valence-electron chi connectivity index (χ3n) is 1.97. The van der Waals surface area contributed by atoms with Crippen LogP contribution in [0.4, 0.5) is 0 Å². The van der Waals surface area contributed by atoms with Crippen LogP contribution in [0, 0.1) is 13.8 Å². The van der Waals surface area contributed by atoms with Crippen LogP contribution in [0.25, 0.3) is 0 Å². The van der Waals surface area contributed by atoms with Gasteiger partial charge in [0.05, 0.1) is 0 Å². The van der Waals surface area contributed by atoms with Crippen molar-refractivity contribution < 1.29 is 15.3 Å². The molecular formula is C8H9BO3. The number of phenolic OH excluding ortho intramolecular Hbond substituents is 3. The molecule has 0 spiro atoms. The summed E-state index contributed by atoms with van der Waals surface area (Å²) < 4.78 is 0. The summed E-state index contributed by atoms with van der Waals surface area (Å²) in [7, 11) is 5.52. The van der Waals surface area contributed by atoms with Crippen LogP contribution in [0.1, 0.15) is 11.1 Å². The predicted octanol–water partition coefficient (Wildman–Crippen LogP) is 0.214. The highest BCUT2D eigenvalue weighted by atomic mass is 16.3. The van der Waals surface area contributed by atoms with E-state index in [2.05, 4.69) is 0 Å². The minimum atomic E-state index is -0.515. The molecule has 0 saturated carbocycles. The number of benzene rings is 1. The second-order valence-electron chi connectivity index (χ2n) is 2.71. The normalized spacial score (nSPS) is 10.2. The maximum atomic E-state index is 9.20. The third-order valence-corrected chi connectivity index (χ3v) is 1.97. The average molecular weight is 164 g/mol. The molecule has 12 heavy (non-hydrogen) atoms. The lowest BCUT2D eigenvalue weighted by molar-refractivity contribution is 0.365. The van der Waals surface area contributed by atoms with E-state index in [0.717, 1.165) is 0 Å². The Morgan fingerprint density at radius 1 is 0.833 bits per heavy atom. The lowest BCUT2D eigenvalue weighted by atomic mass is 9.85. The Balaban J connectivity index is 3.60. The fourth-order valence-electron chi connectivity index (χ4n) is 1.00.